The number of hydrogen-bond donors (Lipinski definition) is 1. The normalized spacial score (nSPS) is 13.7. The van der Waals surface area contributed by atoms with Crippen LogP contribution in [0.2, 0.25) is 0 Å². The lowest BCUT2D eigenvalue weighted by Gasteiger charge is -2.24. The molecule has 0 aromatic rings. The number of likely N-dealkylation sites (N-methyl/N-ethyl adjacent to an activating group) is 1. The van der Waals surface area contributed by atoms with Crippen molar-refractivity contribution in [1.82, 2.24) is 0 Å². The number of ether oxygens (including phenoxy) is 2. The van der Waals surface area contributed by atoms with Crippen LogP contribution in [0.3, 0.4) is 0 Å². The van der Waals surface area contributed by atoms with Gasteiger partial charge in [-0.2, -0.15) is 0 Å². The van der Waals surface area contributed by atoms with Gasteiger partial charge in [-0.1, -0.05) is 161 Å². The second kappa shape index (κ2) is 36.4. The third-order valence-corrected chi connectivity index (χ3v) is 10.5. The van der Waals surface area contributed by atoms with E-state index in [4.69, 9.17) is 18.5 Å². The summed E-state index contributed by atoms with van der Waals surface area (Å²) < 4.78 is 34.3. The predicted octanol–water partition coefficient (Wildman–Crippen LogP) is 12.2. The molecule has 10 heteroatoms. The van der Waals surface area contributed by atoms with E-state index < -0.39 is 26.5 Å². The van der Waals surface area contributed by atoms with Crippen LogP contribution >= 0.6 is 7.82 Å². The van der Waals surface area contributed by atoms with Gasteiger partial charge in [0.15, 0.2) is 6.10 Å². The molecule has 314 valence electrons. The zero-order valence-electron chi connectivity index (χ0n) is 35.3. The fourth-order valence-electron chi connectivity index (χ4n) is 6.07. The zero-order chi connectivity index (χ0) is 39.3. The molecule has 0 rings (SSSR count). The first-order valence-electron chi connectivity index (χ1n) is 21.9. The van der Waals surface area contributed by atoms with Crippen LogP contribution in [-0.4, -0.2) is 74.9 Å². The van der Waals surface area contributed by atoms with Gasteiger partial charge in [-0.3, -0.25) is 18.6 Å². The van der Waals surface area contributed by atoms with E-state index in [1.54, 1.807) is 0 Å². The molecule has 0 amide bonds. The van der Waals surface area contributed by atoms with Gasteiger partial charge in [0.1, 0.15) is 19.8 Å². The molecule has 53 heavy (non-hydrogen) atoms. The molecule has 0 aromatic heterocycles. The van der Waals surface area contributed by atoms with Crippen molar-refractivity contribution in [2.45, 2.75) is 206 Å². The van der Waals surface area contributed by atoms with Gasteiger partial charge in [-0.15, -0.1) is 0 Å². The lowest BCUT2D eigenvalue weighted by Crippen LogP contribution is -2.37. The van der Waals surface area contributed by atoms with Gasteiger partial charge >= 0.3 is 19.8 Å². The number of unbranched alkanes of at least 4 members (excludes halogenated alkanes) is 24. The average Bonchev–Trinajstić information content (AvgIpc) is 3.10. The molecule has 0 saturated carbocycles. The molecule has 1 N–H and O–H groups in total. The summed E-state index contributed by atoms with van der Waals surface area (Å²) in [6, 6.07) is 0. The van der Waals surface area contributed by atoms with Crippen molar-refractivity contribution in [1.29, 1.82) is 0 Å². The fraction of sp³-hybridized carbons (Fsp3) is 0.907. The number of rotatable bonds is 40. The summed E-state index contributed by atoms with van der Waals surface area (Å²) in [6.45, 7) is 4.42. The minimum atomic E-state index is -4.37. The standard InChI is InChI=1S/C43H84NO8P/c1-6-8-10-12-14-16-18-20-22-24-25-27-29-31-33-35-42(45)49-39-41(40-51-53(47,48)50-38-37-44(3,4)5)52-43(46)36-34-32-30-28-26-23-21-19-17-15-13-11-9-7-2/h16,18,41H,6-15,17,19-40H2,1-5H3/p+1/b18-16+/t41-/m1/s1. The topological polar surface area (TPSA) is 108 Å². The smallest absolute Gasteiger partial charge is 0.462 e. The number of phosphoric acid groups is 1. The summed E-state index contributed by atoms with van der Waals surface area (Å²) in [6.07, 6.45) is 36.8. The summed E-state index contributed by atoms with van der Waals surface area (Å²) in [5.41, 5.74) is 0. The maximum Gasteiger partial charge on any atom is 0.472 e. The Kier molecular flexibility index (Phi) is 35.5. The number of hydrogen-bond acceptors (Lipinski definition) is 7. The Bertz CT molecular complexity index is 922. The van der Waals surface area contributed by atoms with Crippen molar-refractivity contribution in [3.05, 3.63) is 12.2 Å². The van der Waals surface area contributed by atoms with Crippen molar-refractivity contribution in [3.63, 3.8) is 0 Å². The number of esters is 2. The summed E-state index contributed by atoms with van der Waals surface area (Å²) in [4.78, 5) is 35.3. The van der Waals surface area contributed by atoms with E-state index >= 15 is 0 Å². The van der Waals surface area contributed by atoms with Crippen LogP contribution in [-0.2, 0) is 32.7 Å². The quantitative estimate of drug-likeness (QED) is 0.0215. The largest absolute Gasteiger partial charge is 0.472 e. The number of phosphoric ester groups is 1. The van der Waals surface area contributed by atoms with Gasteiger partial charge in [0, 0.05) is 12.8 Å². The highest BCUT2D eigenvalue weighted by molar-refractivity contribution is 7.47. The molecule has 0 aliphatic rings. The summed E-state index contributed by atoms with van der Waals surface area (Å²) in [5, 5.41) is 0. The van der Waals surface area contributed by atoms with E-state index in [0.717, 1.165) is 32.1 Å². The highest BCUT2D eigenvalue weighted by Gasteiger charge is 2.27. The summed E-state index contributed by atoms with van der Waals surface area (Å²) in [5.74, 6) is -0.795. The highest BCUT2D eigenvalue weighted by Crippen LogP contribution is 2.43. The molecule has 1 unspecified atom stereocenters. The van der Waals surface area contributed by atoms with Crippen LogP contribution in [0.5, 0.6) is 0 Å². The SMILES string of the molecule is CCCCCC/C=C/CCCCCCCCCC(=O)OC[C@H](COP(=O)(O)OCC[N+](C)(C)C)OC(=O)CCCCCCCCCCCCCCCC. The second-order valence-corrected chi connectivity index (χ2v) is 17.5. The van der Waals surface area contributed by atoms with Crippen LogP contribution in [0.15, 0.2) is 12.2 Å². The molecule has 0 aliphatic carbocycles. The van der Waals surface area contributed by atoms with E-state index in [9.17, 15) is 19.0 Å². The maximum absolute atomic E-state index is 12.7. The lowest BCUT2D eigenvalue weighted by atomic mass is 10.0. The van der Waals surface area contributed by atoms with Crippen LogP contribution in [0.1, 0.15) is 200 Å². The van der Waals surface area contributed by atoms with E-state index in [1.165, 1.54) is 135 Å². The van der Waals surface area contributed by atoms with Gasteiger partial charge in [0.05, 0.1) is 27.7 Å². The van der Waals surface area contributed by atoms with Crippen LogP contribution in [0.25, 0.3) is 0 Å². The molecular formula is C43H85NO8P+. The first kappa shape index (κ1) is 51.8. The zero-order valence-corrected chi connectivity index (χ0v) is 36.2. The van der Waals surface area contributed by atoms with Crippen molar-refractivity contribution in [3.8, 4) is 0 Å². The number of quaternary nitrogens is 1. The van der Waals surface area contributed by atoms with E-state index in [2.05, 4.69) is 26.0 Å². The fourth-order valence-corrected chi connectivity index (χ4v) is 6.81. The van der Waals surface area contributed by atoms with E-state index in [-0.39, 0.29) is 32.0 Å². The van der Waals surface area contributed by atoms with Crippen LogP contribution in [0.4, 0.5) is 0 Å². The Morgan fingerprint density at radius 3 is 1.42 bits per heavy atom. The Balaban J connectivity index is 4.34. The minimum Gasteiger partial charge on any atom is -0.462 e. The molecule has 2 atom stereocenters. The molecule has 9 nitrogen and oxygen atoms in total. The monoisotopic (exact) mass is 775 g/mol. The summed E-state index contributed by atoms with van der Waals surface area (Å²) in [7, 11) is 1.48. The molecule has 0 radical (unpaired) electrons. The Labute approximate surface area is 326 Å². The van der Waals surface area contributed by atoms with Crippen molar-refractivity contribution in [2.75, 3.05) is 47.5 Å². The molecule has 0 aromatic carbocycles. The maximum atomic E-state index is 12.7. The average molecular weight is 775 g/mol. The van der Waals surface area contributed by atoms with Crippen molar-refractivity contribution >= 4 is 19.8 Å². The Hall–Kier alpha value is -1.25. The van der Waals surface area contributed by atoms with Crippen molar-refractivity contribution in [2.24, 2.45) is 0 Å². The van der Waals surface area contributed by atoms with Gasteiger partial charge in [0.2, 0.25) is 0 Å². The summed E-state index contributed by atoms with van der Waals surface area (Å²) >= 11 is 0. The lowest BCUT2D eigenvalue weighted by molar-refractivity contribution is -0.870. The number of carbonyl (C=O) groups is 2. The number of nitrogens with zero attached hydrogens (tertiary/aromatic N) is 1. The van der Waals surface area contributed by atoms with Crippen LogP contribution < -0.4 is 0 Å². The Morgan fingerprint density at radius 2 is 0.962 bits per heavy atom. The second-order valence-electron chi connectivity index (χ2n) is 16.1. The molecule has 0 spiro atoms. The first-order valence-corrected chi connectivity index (χ1v) is 23.4. The molecule has 0 saturated heterocycles. The van der Waals surface area contributed by atoms with Crippen molar-refractivity contribution < 1.29 is 42.1 Å². The third kappa shape index (κ3) is 40.2. The highest BCUT2D eigenvalue weighted by atomic mass is 31.2. The minimum absolute atomic E-state index is 0.0342. The van der Waals surface area contributed by atoms with Gasteiger partial charge in [0.25, 0.3) is 0 Å². The van der Waals surface area contributed by atoms with Crippen LogP contribution in [0, 0.1) is 0 Å². The van der Waals surface area contributed by atoms with E-state index in [1.807, 2.05) is 21.1 Å². The molecule has 0 aliphatic heterocycles. The number of allylic oxidation sites excluding steroid dienone is 2. The number of carbonyl (C=O) groups excluding carboxylic acids is 2. The predicted molar refractivity (Wildman–Crippen MR) is 220 cm³/mol. The Morgan fingerprint density at radius 1 is 0.566 bits per heavy atom. The van der Waals surface area contributed by atoms with E-state index in [0.29, 0.717) is 17.4 Å². The van der Waals surface area contributed by atoms with Gasteiger partial charge < -0.3 is 18.9 Å². The molecule has 0 fully saturated rings. The molecule has 0 bridgehead atoms. The van der Waals surface area contributed by atoms with Gasteiger partial charge in [-0.05, 0) is 38.5 Å². The molecular weight excluding hydrogens is 689 g/mol. The first-order chi connectivity index (χ1) is 25.5. The van der Waals surface area contributed by atoms with Gasteiger partial charge in [-0.25, -0.2) is 4.57 Å². The third-order valence-electron chi connectivity index (χ3n) is 9.55. The molecule has 0 heterocycles.